The molecule has 0 aliphatic carbocycles. The van der Waals surface area contributed by atoms with Gasteiger partial charge in [-0.3, -0.25) is 0 Å². The maximum atomic E-state index is 11.6. The molecule has 24 heavy (non-hydrogen) atoms. The molecule has 7 heteroatoms. The van der Waals surface area contributed by atoms with Crippen LogP contribution in [0.15, 0.2) is 62.9 Å². The van der Waals surface area contributed by atoms with Gasteiger partial charge in [0.05, 0.1) is 6.54 Å². The minimum atomic E-state index is -0.502. The third-order valence-electron chi connectivity index (χ3n) is 3.40. The van der Waals surface area contributed by atoms with Crippen molar-refractivity contribution >= 4 is 22.6 Å². The van der Waals surface area contributed by atoms with Crippen molar-refractivity contribution in [2.45, 2.75) is 13.2 Å². The lowest BCUT2D eigenvalue weighted by molar-refractivity contribution is 0.306. The van der Waals surface area contributed by atoms with Gasteiger partial charge in [-0.15, -0.1) is 0 Å². The van der Waals surface area contributed by atoms with E-state index in [9.17, 15) is 4.79 Å². The summed E-state index contributed by atoms with van der Waals surface area (Å²) in [6, 6.07) is 13.9. The molecule has 6 nitrogen and oxygen atoms in total. The Morgan fingerprint density at radius 3 is 2.88 bits per heavy atom. The van der Waals surface area contributed by atoms with Crippen molar-refractivity contribution in [3.05, 3.63) is 85.5 Å². The number of rotatable bonds is 5. The van der Waals surface area contributed by atoms with Crippen LogP contribution in [0.2, 0.25) is 5.02 Å². The predicted octanol–water partition coefficient (Wildman–Crippen LogP) is 4.84. The van der Waals surface area contributed by atoms with Crippen molar-refractivity contribution in [3.8, 4) is 5.75 Å². The van der Waals surface area contributed by atoms with Crippen LogP contribution in [0.3, 0.4) is 0 Å². The smallest absolute Gasteiger partial charge is 0.336 e. The van der Waals surface area contributed by atoms with E-state index in [-0.39, 0.29) is 6.54 Å². The molecule has 0 saturated carbocycles. The summed E-state index contributed by atoms with van der Waals surface area (Å²) in [7, 11) is 0. The Labute approximate surface area is 141 Å². The van der Waals surface area contributed by atoms with Crippen molar-refractivity contribution in [2.24, 2.45) is 5.11 Å². The molecule has 0 amide bonds. The molecular weight excluding hydrogens is 330 g/mol. The second kappa shape index (κ2) is 7.08. The van der Waals surface area contributed by atoms with E-state index in [0.717, 1.165) is 5.56 Å². The molecule has 0 aliphatic heterocycles. The van der Waals surface area contributed by atoms with Gasteiger partial charge in [-0.25, -0.2) is 4.79 Å². The van der Waals surface area contributed by atoms with E-state index in [2.05, 4.69) is 10.0 Å². The van der Waals surface area contributed by atoms with Gasteiger partial charge in [0.2, 0.25) is 0 Å². The number of ether oxygens (including phenoxy) is 1. The molecule has 0 N–H and O–H groups in total. The summed E-state index contributed by atoms with van der Waals surface area (Å²) >= 11 is 5.94. The molecule has 0 radical (unpaired) electrons. The summed E-state index contributed by atoms with van der Waals surface area (Å²) in [6.45, 7) is 0.427. The van der Waals surface area contributed by atoms with Gasteiger partial charge in [-0.2, -0.15) is 0 Å². The van der Waals surface area contributed by atoms with E-state index < -0.39 is 5.63 Å². The van der Waals surface area contributed by atoms with Gasteiger partial charge in [-0.05, 0) is 40.9 Å². The van der Waals surface area contributed by atoms with Gasteiger partial charge >= 0.3 is 5.63 Å². The highest BCUT2D eigenvalue weighted by Crippen LogP contribution is 2.24. The minimum absolute atomic E-state index is 0.0846. The number of nitrogens with zero attached hydrogens (tertiary/aromatic N) is 3. The molecule has 120 valence electrons. The first-order valence-electron chi connectivity index (χ1n) is 7.10. The third-order valence-corrected chi connectivity index (χ3v) is 3.64. The maximum Gasteiger partial charge on any atom is 0.336 e. The second-order valence-corrected chi connectivity index (χ2v) is 5.49. The molecule has 0 fully saturated rings. The van der Waals surface area contributed by atoms with E-state index in [4.69, 9.17) is 26.3 Å². The molecule has 0 bridgehead atoms. The Morgan fingerprint density at radius 2 is 2.08 bits per heavy atom. The van der Waals surface area contributed by atoms with E-state index in [1.54, 1.807) is 24.3 Å². The average molecular weight is 342 g/mol. The molecule has 0 saturated heterocycles. The summed E-state index contributed by atoms with van der Waals surface area (Å²) < 4.78 is 10.9. The average Bonchev–Trinajstić information content (AvgIpc) is 2.57. The van der Waals surface area contributed by atoms with Crippen LogP contribution >= 0.6 is 11.6 Å². The number of benzene rings is 2. The molecule has 0 spiro atoms. The Balaban J connectivity index is 1.88. The van der Waals surface area contributed by atoms with E-state index >= 15 is 0 Å². The van der Waals surface area contributed by atoms with Gasteiger partial charge in [0.15, 0.2) is 0 Å². The van der Waals surface area contributed by atoms with Crippen LogP contribution in [-0.2, 0) is 13.2 Å². The first kappa shape index (κ1) is 15.9. The van der Waals surface area contributed by atoms with Crippen molar-refractivity contribution in [1.29, 1.82) is 0 Å². The standard InChI is InChI=1S/C17H12ClN3O3/c18-13-3-1-2-11(6-13)10-23-14-4-5-15-12(9-20-21-19)7-17(22)24-16(15)8-14/h1-8H,9-10H2. The monoisotopic (exact) mass is 341 g/mol. The molecule has 1 aromatic heterocycles. The molecule has 1 heterocycles. The highest BCUT2D eigenvalue weighted by atomic mass is 35.5. The second-order valence-electron chi connectivity index (χ2n) is 5.06. The lowest BCUT2D eigenvalue weighted by atomic mass is 10.1. The SMILES string of the molecule is [N-]=[N+]=NCc1cc(=O)oc2cc(OCc3cccc(Cl)c3)ccc12. The first-order chi connectivity index (χ1) is 11.7. The topological polar surface area (TPSA) is 88.2 Å². The zero-order valence-corrected chi connectivity index (χ0v) is 13.2. The lowest BCUT2D eigenvalue weighted by Gasteiger charge is -2.08. The third kappa shape index (κ3) is 3.68. The highest BCUT2D eigenvalue weighted by Gasteiger charge is 2.07. The maximum absolute atomic E-state index is 11.6. The lowest BCUT2D eigenvalue weighted by Crippen LogP contribution is -2.01. The van der Waals surface area contributed by atoms with Gasteiger partial charge in [0, 0.05) is 27.5 Å². The molecule has 3 aromatic rings. The zero-order chi connectivity index (χ0) is 16.9. The van der Waals surface area contributed by atoms with Crippen LogP contribution in [0.4, 0.5) is 0 Å². The Hall–Kier alpha value is -2.95. The number of halogens is 1. The normalized spacial score (nSPS) is 10.4. The van der Waals surface area contributed by atoms with Crippen LogP contribution in [-0.4, -0.2) is 0 Å². The van der Waals surface area contributed by atoms with Crippen LogP contribution < -0.4 is 10.4 Å². The zero-order valence-electron chi connectivity index (χ0n) is 12.5. The van der Waals surface area contributed by atoms with Crippen molar-refractivity contribution in [1.82, 2.24) is 0 Å². The highest BCUT2D eigenvalue weighted by molar-refractivity contribution is 6.30. The molecule has 3 rings (SSSR count). The molecule has 0 aliphatic rings. The summed E-state index contributed by atoms with van der Waals surface area (Å²) in [5, 5.41) is 4.84. The molecular formula is C17H12ClN3O3. The minimum Gasteiger partial charge on any atom is -0.489 e. The fraction of sp³-hybridized carbons (Fsp3) is 0.118. The fourth-order valence-corrected chi connectivity index (χ4v) is 2.54. The van der Waals surface area contributed by atoms with Crippen molar-refractivity contribution < 1.29 is 9.15 Å². The van der Waals surface area contributed by atoms with Crippen LogP contribution in [0.1, 0.15) is 11.1 Å². The Kier molecular flexibility index (Phi) is 4.70. The summed E-state index contributed by atoms with van der Waals surface area (Å²) in [4.78, 5) is 14.4. The van der Waals surface area contributed by atoms with Crippen molar-refractivity contribution in [2.75, 3.05) is 0 Å². The van der Waals surface area contributed by atoms with E-state index in [1.807, 2.05) is 18.2 Å². The van der Waals surface area contributed by atoms with Gasteiger partial charge in [0.25, 0.3) is 0 Å². The summed E-state index contributed by atoms with van der Waals surface area (Å²) in [6.07, 6.45) is 0. The number of hydrogen-bond acceptors (Lipinski definition) is 4. The molecule has 0 unspecified atom stereocenters. The summed E-state index contributed by atoms with van der Waals surface area (Å²) in [5.74, 6) is 0.562. The summed E-state index contributed by atoms with van der Waals surface area (Å²) in [5.41, 5.74) is 9.86. The Morgan fingerprint density at radius 1 is 1.21 bits per heavy atom. The van der Waals surface area contributed by atoms with Crippen molar-refractivity contribution in [3.63, 3.8) is 0 Å². The van der Waals surface area contributed by atoms with E-state index in [0.29, 0.717) is 33.9 Å². The van der Waals surface area contributed by atoms with Crippen LogP contribution in [0.5, 0.6) is 5.75 Å². The predicted molar refractivity (Wildman–Crippen MR) is 91.1 cm³/mol. The fourth-order valence-electron chi connectivity index (χ4n) is 2.33. The molecule has 0 atom stereocenters. The first-order valence-corrected chi connectivity index (χ1v) is 7.48. The van der Waals surface area contributed by atoms with Gasteiger partial charge in [-0.1, -0.05) is 28.8 Å². The Bertz CT molecular complexity index is 994. The van der Waals surface area contributed by atoms with Crippen LogP contribution in [0, 0.1) is 0 Å². The quantitative estimate of drug-likeness (QED) is 0.288. The van der Waals surface area contributed by atoms with Gasteiger partial charge in [0.1, 0.15) is 17.9 Å². The number of fused-ring (bicyclic) bond motifs is 1. The number of azide groups is 1. The molecule has 2 aromatic carbocycles. The van der Waals surface area contributed by atoms with Crippen LogP contribution in [0.25, 0.3) is 21.4 Å². The van der Waals surface area contributed by atoms with E-state index in [1.165, 1.54) is 6.07 Å². The largest absolute Gasteiger partial charge is 0.489 e. The number of hydrogen-bond donors (Lipinski definition) is 0. The van der Waals surface area contributed by atoms with Gasteiger partial charge < -0.3 is 9.15 Å².